The molecule has 1 aromatic carbocycles. The maximum absolute atomic E-state index is 8.76. The van der Waals surface area contributed by atoms with Crippen molar-refractivity contribution < 1.29 is 5.11 Å². The Labute approximate surface area is 72.2 Å². The molecule has 0 atom stereocenters. The van der Waals surface area contributed by atoms with E-state index in [4.69, 9.17) is 5.11 Å². The Balaban J connectivity index is 0.000000640. The van der Waals surface area contributed by atoms with Crippen LogP contribution in [0.3, 0.4) is 0 Å². The van der Waals surface area contributed by atoms with Crippen molar-refractivity contribution in [2.45, 2.75) is 6.92 Å². The van der Waals surface area contributed by atoms with Crippen LogP contribution in [0.25, 0.3) is 0 Å². The Bertz CT molecular complexity index is 148. The third-order valence-electron chi connectivity index (χ3n) is 1.03. The van der Waals surface area contributed by atoms with Crippen LogP contribution in [0.15, 0.2) is 24.3 Å². The smallest absolute Gasteiger partial charge is 0.115 e. The Hall–Kier alpha value is -0.162. The predicted molar refractivity (Wildman–Crippen MR) is 38.6 cm³/mol. The van der Waals surface area contributed by atoms with Crippen LogP contribution in [0.4, 0.5) is 0 Å². The van der Waals surface area contributed by atoms with Crippen LogP contribution < -0.4 is 0 Å². The Morgan fingerprint density at radius 2 is 1.56 bits per heavy atom. The van der Waals surface area contributed by atoms with Crippen molar-refractivity contribution in [1.29, 1.82) is 0 Å². The Kier molecular flexibility index (Phi) is 3.72. The van der Waals surface area contributed by atoms with Gasteiger partial charge in [0.25, 0.3) is 0 Å². The molecule has 47 valence electrons. The van der Waals surface area contributed by atoms with Crippen molar-refractivity contribution >= 4 is 24.4 Å². The first-order valence-corrected chi connectivity index (χ1v) is 2.54. The molecule has 0 aromatic heterocycles. The number of hydrogen-bond acceptors (Lipinski definition) is 1. The van der Waals surface area contributed by atoms with Crippen molar-refractivity contribution in [2.75, 3.05) is 0 Å². The molecule has 0 aliphatic carbocycles. The number of phenolic OH excluding ortho intramolecular Hbond substituents is 1. The number of benzene rings is 1. The summed E-state index contributed by atoms with van der Waals surface area (Å²) in [7, 11) is 0. The van der Waals surface area contributed by atoms with Crippen LogP contribution in [0, 0.1) is 6.92 Å². The van der Waals surface area contributed by atoms with Crippen LogP contribution in [-0.4, -0.2) is 29.5 Å². The SMILES string of the molecule is Cc1ccc(O)cc1.[Sb]. The molecule has 1 nitrogen and oxygen atoms in total. The average Bonchev–Trinajstić information content (AvgIpc) is 1.77. The first kappa shape index (κ1) is 8.84. The quantitative estimate of drug-likeness (QED) is 0.666. The van der Waals surface area contributed by atoms with Crippen LogP contribution in [-0.2, 0) is 0 Å². The van der Waals surface area contributed by atoms with E-state index in [2.05, 4.69) is 0 Å². The molecular weight excluding hydrogens is 222 g/mol. The van der Waals surface area contributed by atoms with Gasteiger partial charge in [0, 0.05) is 24.4 Å². The maximum Gasteiger partial charge on any atom is 0.115 e. The third-order valence-corrected chi connectivity index (χ3v) is 1.03. The average molecular weight is 230 g/mol. The molecular formula is C7H8OSb. The van der Waals surface area contributed by atoms with Gasteiger partial charge in [0.15, 0.2) is 0 Å². The second-order valence-electron chi connectivity index (χ2n) is 1.84. The maximum atomic E-state index is 8.76. The summed E-state index contributed by atoms with van der Waals surface area (Å²) in [6.07, 6.45) is 0. The molecule has 0 saturated carbocycles. The molecule has 0 saturated heterocycles. The van der Waals surface area contributed by atoms with E-state index in [1.165, 1.54) is 5.56 Å². The van der Waals surface area contributed by atoms with E-state index in [-0.39, 0.29) is 24.4 Å². The summed E-state index contributed by atoms with van der Waals surface area (Å²) in [6, 6.07) is 7.09. The van der Waals surface area contributed by atoms with Gasteiger partial charge in [-0.15, -0.1) is 0 Å². The summed E-state index contributed by atoms with van der Waals surface area (Å²) >= 11 is 0. The first-order valence-electron chi connectivity index (χ1n) is 2.54. The molecule has 0 fully saturated rings. The number of rotatable bonds is 0. The molecule has 3 radical (unpaired) electrons. The van der Waals surface area contributed by atoms with E-state index >= 15 is 0 Å². The van der Waals surface area contributed by atoms with Gasteiger partial charge >= 0.3 is 0 Å². The number of phenols is 1. The standard InChI is InChI=1S/C7H8O.Sb/c1-6-2-4-7(8)5-3-6;/h2-5,8H,1H3;. The van der Waals surface area contributed by atoms with Gasteiger partial charge in [-0.1, -0.05) is 17.7 Å². The molecule has 0 aliphatic rings. The Morgan fingerprint density at radius 3 is 1.89 bits per heavy atom. The van der Waals surface area contributed by atoms with Gasteiger partial charge in [-0.05, 0) is 19.1 Å². The zero-order valence-electron chi connectivity index (χ0n) is 5.20. The summed E-state index contributed by atoms with van der Waals surface area (Å²) in [4.78, 5) is 0. The van der Waals surface area contributed by atoms with Crippen molar-refractivity contribution in [3.63, 3.8) is 0 Å². The minimum absolute atomic E-state index is 0. The summed E-state index contributed by atoms with van der Waals surface area (Å²) < 4.78 is 0. The minimum atomic E-state index is 0. The molecule has 9 heavy (non-hydrogen) atoms. The second kappa shape index (κ2) is 3.79. The molecule has 1 N–H and O–H groups in total. The number of aryl methyl sites for hydroxylation is 1. The zero-order valence-corrected chi connectivity index (χ0v) is 7.76. The molecule has 1 rings (SSSR count). The van der Waals surface area contributed by atoms with Crippen LogP contribution in [0.1, 0.15) is 5.56 Å². The van der Waals surface area contributed by atoms with Gasteiger partial charge in [0.1, 0.15) is 5.75 Å². The predicted octanol–water partition coefficient (Wildman–Crippen LogP) is 1.32. The van der Waals surface area contributed by atoms with Crippen molar-refractivity contribution in [1.82, 2.24) is 0 Å². The van der Waals surface area contributed by atoms with Gasteiger partial charge in [0.2, 0.25) is 0 Å². The fraction of sp³-hybridized carbons (Fsp3) is 0.143. The Morgan fingerprint density at radius 1 is 1.11 bits per heavy atom. The molecule has 0 aliphatic heterocycles. The van der Waals surface area contributed by atoms with E-state index in [1.54, 1.807) is 12.1 Å². The van der Waals surface area contributed by atoms with Crippen molar-refractivity contribution in [3.8, 4) is 5.75 Å². The number of aromatic hydroxyl groups is 1. The normalized spacial score (nSPS) is 8.11. The van der Waals surface area contributed by atoms with Gasteiger partial charge < -0.3 is 5.11 Å². The molecule has 0 unspecified atom stereocenters. The van der Waals surface area contributed by atoms with E-state index in [0.717, 1.165) is 0 Å². The summed E-state index contributed by atoms with van der Waals surface area (Å²) in [5.41, 5.74) is 1.17. The summed E-state index contributed by atoms with van der Waals surface area (Å²) in [5.74, 6) is 0.329. The van der Waals surface area contributed by atoms with Gasteiger partial charge in [0.05, 0.1) is 0 Å². The van der Waals surface area contributed by atoms with E-state index in [1.807, 2.05) is 19.1 Å². The molecule has 0 spiro atoms. The third kappa shape index (κ3) is 2.76. The van der Waals surface area contributed by atoms with E-state index in [0.29, 0.717) is 5.75 Å². The molecule has 0 amide bonds. The van der Waals surface area contributed by atoms with Crippen molar-refractivity contribution in [3.05, 3.63) is 29.8 Å². The van der Waals surface area contributed by atoms with Crippen molar-refractivity contribution in [2.24, 2.45) is 0 Å². The van der Waals surface area contributed by atoms with Gasteiger partial charge in [-0.2, -0.15) is 0 Å². The van der Waals surface area contributed by atoms with E-state index < -0.39 is 0 Å². The molecule has 1 aromatic rings. The van der Waals surface area contributed by atoms with Gasteiger partial charge in [-0.25, -0.2) is 0 Å². The zero-order chi connectivity index (χ0) is 5.98. The second-order valence-corrected chi connectivity index (χ2v) is 1.84. The molecule has 2 heteroatoms. The van der Waals surface area contributed by atoms with Crippen LogP contribution in [0.2, 0.25) is 0 Å². The monoisotopic (exact) mass is 229 g/mol. The number of hydrogen-bond donors (Lipinski definition) is 1. The first-order chi connectivity index (χ1) is 3.79. The molecule has 0 bridgehead atoms. The topological polar surface area (TPSA) is 20.2 Å². The fourth-order valence-corrected chi connectivity index (χ4v) is 0.545. The minimum Gasteiger partial charge on any atom is -0.508 e. The van der Waals surface area contributed by atoms with Gasteiger partial charge in [-0.3, -0.25) is 0 Å². The largest absolute Gasteiger partial charge is 0.508 e. The summed E-state index contributed by atoms with van der Waals surface area (Å²) in [6.45, 7) is 1.99. The van der Waals surface area contributed by atoms with Crippen LogP contribution >= 0.6 is 0 Å². The fourth-order valence-electron chi connectivity index (χ4n) is 0.545. The van der Waals surface area contributed by atoms with E-state index in [9.17, 15) is 0 Å². The molecule has 0 heterocycles. The van der Waals surface area contributed by atoms with Crippen LogP contribution in [0.5, 0.6) is 5.75 Å². The summed E-state index contributed by atoms with van der Waals surface area (Å²) in [5, 5.41) is 8.76.